The number of rotatable bonds is 9. The zero-order valence-corrected chi connectivity index (χ0v) is 16.3. The van der Waals surface area contributed by atoms with Crippen LogP contribution in [0.5, 0.6) is 5.75 Å². The van der Waals surface area contributed by atoms with Crippen molar-refractivity contribution < 1.29 is 22.7 Å². The van der Waals surface area contributed by atoms with E-state index in [9.17, 15) is 13.2 Å². The Labute approximate surface area is 155 Å². The number of ether oxygens (including phenoxy) is 2. The Morgan fingerprint density at radius 2 is 1.92 bits per heavy atom. The number of carbonyl (C=O) groups excluding carboxylic acids is 1. The molecule has 0 bridgehead atoms. The fourth-order valence-corrected chi connectivity index (χ4v) is 3.43. The van der Waals surface area contributed by atoms with Gasteiger partial charge in [-0.15, -0.1) is 0 Å². The van der Waals surface area contributed by atoms with Gasteiger partial charge in [-0.25, -0.2) is 8.42 Å². The lowest BCUT2D eigenvalue weighted by atomic mass is 10.0. The smallest absolute Gasteiger partial charge is 0.221 e. The second kappa shape index (κ2) is 9.89. The third-order valence-electron chi connectivity index (χ3n) is 4.25. The van der Waals surface area contributed by atoms with Crippen LogP contribution in [0.4, 0.5) is 0 Å². The summed E-state index contributed by atoms with van der Waals surface area (Å²) in [6.45, 7) is 5.88. The molecule has 1 aliphatic rings. The molecule has 146 valence electrons. The van der Waals surface area contributed by atoms with E-state index < -0.39 is 9.84 Å². The van der Waals surface area contributed by atoms with Crippen molar-refractivity contribution in [3.8, 4) is 5.75 Å². The first-order chi connectivity index (χ1) is 12.4. The Morgan fingerprint density at radius 1 is 1.27 bits per heavy atom. The monoisotopic (exact) mass is 384 g/mol. The zero-order chi connectivity index (χ0) is 19.0. The summed E-state index contributed by atoms with van der Waals surface area (Å²) < 4.78 is 33.3. The number of nitrogens with one attached hydrogen (secondary N) is 1. The van der Waals surface area contributed by atoms with E-state index in [4.69, 9.17) is 9.47 Å². The predicted octanol–water partition coefficient (Wildman–Crippen LogP) is 1.01. The number of morpholine rings is 1. The van der Waals surface area contributed by atoms with Crippen molar-refractivity contribution in [2.24, 2.45) is 0 Å². The summed E-state index contributed by atoms with van der Waals surface area (Å²) in [5.74, 6) is 0.429. The topological polar surface area (TPSA) is 84.9 Å². The van der Waals surface area contributed by atoms with E-state index in [2.05, 4.69) is 10.2 Å². The first kappa shape index (κ1) is 20.7. The summed E-state index contributed by atoms with van der Waals surface area (Å²) in [5.41, 5.74) is 1.08. The van der Waals surface area contributed by atoms with Gasteiger partial charge in [0.1, 0.15) is 15.6 Å². The lowest BCUT2D eigenvalue weighted by molar-refractivity contribution is -0.121. The summed E-state index contributed by atoms with van der Waals surface area (Å²) in [6, 6.07) is 7.88. The second-order valence-corrected chi connectivity index (χ2v) is 8.61. The Balaban J connectivity index is 2.02. The average Bonchev–Trinajstić information content (AvgIpc) is 2.62. The molecule has 8 heteroatoms. The van der Waals surface area contributed by atoms with E-state index in [0.29, 0.717) is 26.4 Å². The Kier molecular flexibility index (Phi) is 7.86. The van der Waals surface area contributed by atoms with Crippen LogP contribution in [0.15, 0.2) is 24.3 Å². The van der Waals surface area contributed by atoms with Crippen molar-refractivity contribution in [2.45, 2.75) is 19.4 Å². The molecule has 1 aromatic rings. The first-order valence-electron chi connectivity index (χ1n) is 8.88. The fourth-order valence-electron chi connectivity index (χ4n) is 2.88. The lowest BCUT2D eigenvalue weighted by Crippen LogP contribution is -2.44. The molecule has 1 aliphatic heterocycles. The summed E-state index contributed by atoms with van der Waals surface area (Å²) in [5, 5.41) is 2.87. The third-order valence-corrected chi connectivity index (χ3v) is 5.20. The van der Waals surface area contributed by atoms with Crippen LogP contribution in [0.3, 0.4) is 0 Å². The lowest BCUT2D eigenvalue weighted by Gasteiger charge is -2.35. The van der Waals surface area contributed by atoms with Gasteiger partial charge in [-0.2, -0.15) is 0 Å². The largest absolute Gasteiger partial charge is 0.494 e. The quantitative estimate of drug-likeness (QED) is 0.684. The highest BCUT2D eigenvalue weighted by molar-refractivity contribution is 7.90. The number of nitrogens with zero attached hydrogens (tertiary/aromatic N) is 1. The van der Waals surface area contributed by atoms with Gasteiger partial charge in [-0.05, 0) is 24.6 Å². The highest BCUT2D eigenvalue weighted by atomic mass is 32.2. The summed E-state index contributed by atoms with van der Waals surface area (Å²) in [4.78, 5) is 14.3. The van der Waals surface area contributed by atoms with Gasteiger partial charge in [0.15, 0.2) is 0 Å². The highest BCUT2D eigenvalue weighted by Gasteiger charge is 2.23. The van der Waals surface area contributed by atoms with E-state index in [1.54, 1.807) is 0 Å². The molecule has 1 saturated heterocycles. The standard InChI is InChI=1S/C18H28N2O5S/c1-3-25-16-6-4-15(5-7-16)17(20-9-11-24-12-10-20)14-19-18(21)8-13-26(2,22)23/h4-7,17H,3,8-14H2,1-2H3,(H,19,21). The van der Waals surface area contributed by atoms with Crippen molar-refractivity contribution in [2.75, 3.05) is 51.5 Å². The van der Waals surface area contributed by atoms with Crippen LogP contribution >= 0.6 is 0 Å². The molecule has 1 fully saturated rings. The molecule has 26 heavy (non-hydrogen) atoms. The maximum Gasteiger partial charge on any atom is 0.221 e. The molecule has 0 radical (unpaired) electrons. The summed E-state index contributed by atoms with van der Waals surface area (Å²) in [6.07, 6.45) is 1.12. The summed E-state index contributed by atoms with van der Waals surface area (Å²) in [7, 11) is -3.14. The SMILES string of the molecule is CCOc1ccc(C(CNC(=O)CCS(C)(=O)=O)N2CCOCC2)cc1. The molecule has 0 spiro atoms. The molecule has 7 nitrogen and oxygen atoms in total. The van der Waals surface area contributed by atoms with Crippen molar-refractivity contribution in [3.05, 3.63) is 29.8 Å². The molecule has 1 amide bonds. The number of amides is 1. The molecule has 1 unspecified atom stereocenters. The van der Waals surface area contributed by atoms with Gasteiger partial charge < -0.3 is 14.8 Å². The van der Waals surface area contributed by atoms with Gasteiger partial charge in [0.05, 0.1) is 31.6 Å². The zero-order valence-electron chi connectivity index (χ0n) is 15.4. The number of benzene rings is 1. The van der Waals surface area contributed by atoms with Crippen LogP contribution in [-0.2, 0) is 19.4 Å². The fraction of sp³-hybridized carbons (Fsp3) is 0.611. The number of carbonyl (C=O) groups is 1. The second-order valence-electron chi connectivity index (χ2n) is 6.35. The van der Waals surface area contributed by atoms with Crippen LogP contribution in [0.25, 0.3) is 0 Å². The first-order valence-corrected chi connectivity index (χ1v) is 10.9. The van der Waals surface area contributed by atoms with E-state index in [1.807, 2.05) is 31.2 Å². The molecular formula is C18H28N2O5S. The van der Waals surface area contributed by atoms with Crippen LogP contribution in [0.2, 0.25) is 0 Å². The van der Waals surface area contributed by atoms with Gasteiger partial charge in [0, 0.05) is 32.3 Å². The molecular weight excluding hydrogens is 356 g/mol. The molecule has 1 atom stereocenters. The predicted molar refractivity (Wildman–Crippen MR) is 100 cm³/mol. The molecule has 0 aromatic heterocycles. The molecule has 0 aliphatic carbocycles. The van der Waals surface area contributed by atoms with Crippen molar-refractivity contribution in [1.82, 2.24) is 10.2 Å². The normalized spacial score (nSPS) is 16.8. The van der Waals surface area contributed by atoms with E-state index in [1.165, 1.54) is 0 Å². The van der Waals surface area contributed by atoms with Crippen LogP contribution in [0.1, 0.15) is 24.9 Å². The minimum Gasteiger partial charge on any atom is -0.494 e. The number of sulfone groups is 1. The van der Waals surface area contributed by atoms with Crippen molar-refractivity contribution in [1.29, 1.82) is 0 Å². The molecule has 0 saturated carbocycles. The highest BCUT2D eigenvalue weighted by Crippen LogP contribution is 2.23. The van der Waals surface area contributed by atoms with Crippen LogP contribution in [-0.4, -0.2) is 70.7 Å². The van der Waals surface area contributed by atoms with Crippen LogP contribution < -0.4 is 10.1 Å². The molecule has 1 aromatic carbocycles. The Bertz CT molecular complexity index is 669. The molecule has 2 rings (SSSR count). The minimum atomic E-state index is -3.14. The van der Waals surface area contributed by atoms with Gasteiger partial charge in [-0.1, -0.05) is 12.1 Å². The molecule has 1 N–H and O–H groups in total. The van der Waals surface area contributed by atoms with Crippen molar-refractivity contribution in [3.63, 3.8) is 0 Å². The van der Waals surface area contributed by atoms with Gasteiger partial charge in [-0.3, -0.25) is 9.69 Å². The van der Waals surface area contributed by atoms with E-state index >= 15 is 0 Å². The van der Waals surface area contributed by atoms with Crippen molar-refractivity contribution >= 4 is 15.7 Å². The third kappa shape index (κ3) is 6.93. The number of hydrogen-bond donors (Lipinski definition) is 1. The Morgan fingerprint density at radius 3 is 2.50 bits per heavy atom. The van der Waals surface area contributed by atoms with E-state index in [0.717, 1.165) is 30.7 Å². The molecule has 1 heterocycles. The van der Waals surface area contributed by atoms with Gasteiger partial charge in [0.25, 0.3) is 0 Å². The Hall–Kier alpha value is -1.64. The average molecular weight is 384 g/mol. The maximum atomic E-state index is 12.0. The van der Waals surface area contributed by atoms with Gasteiger partial charge >= 0.3 is 0 Å². The van der Waals surface area contributed by atoms with Crippen LogP contribution in [0, 0.1) is 0 Å². The van der Waals surface area contributed by atoms with Gasteiger partial charge in [0.2, 0.25) is 5.91 Å². The number of hydrogen-bond acceptors (Lipinski definition) is 6. The minimum absolute atomic E-state index is 0.0109. The summed E-state index contributed by atoms with van der Waals surface area (Å²) >= 11 is 0. The van der Waals surface area contributed by atoms with E-state index in [-0.39, 0.29) is 24.1 Å². The maximum absolute atomic E-state index is 12.0.